The summed E-state index contributed by atoms with van der Waals surface area (Å²) in [5.74, 6) is -2.57. The van der Waals surface area contributed by atoms with Crippen LogP contribution in [-0.2, 0) is 6.18 Å². The van der Waals surface area contributed by atoms with E-state index in [0.717, 1.165) is 18.2 Å². The largest absolute Gasteiger partial charge is 0.445 e. The fourth-order valence-electron chi connectivity index (χ4n) is 4.08. The number of oxazole rings is 1. The number of rotatable bonds is 4. The van der Waals surface area contributed by atoms with Crippen molar-refractivity contribution in [3.63, 3.8) is 0 Å². The van der Waals surface area contributed by atoms with Crippen LogP contribution in [0.5, 0.6) is 11.6 Å². The summed E-state index contributed by atoms with van der Waals surface area (Å²) in [6.07, 6.45) is -1.41. The monoisotopic (exact) mass is 513 g/mol. The average molecular weight is 513 g/mol. The number of benzene rings is 2. The summed E-state index contributed by atoms with van der Waals surface area (Å²) < 4.78 is 79.9. The number of H-pyrrole nitrogens is 1. The highest BCUT2D eigenvalue weighted by molar-refractivity contribution is 5.94. The molecule has 1 N–H and O–H groups in total. The number of aromatic amines is 1. The van der Waals surface area contributed by atoms with E-state index in [9.17, 15) is 26.7 Å². The number of ether oxygens (including phenoxy) is 1. The third-order valence-corrected chi connectivity index (χ3v) is 5.89. The highest BCUT2D eigenvalue weighted by atomic mass is 19.4. The van der Waals surface area contributed by atoms with Crippen LogP contribution < -0.4 is 10.2 Å². The van der Waals surface area contributed by atoms with Crippen LogP contribution in [-0.4, -0.2) is 15.0 Å². The van der Waals surface area contributed by atoms with Crippen LogP contribution in [0.15, 0.2) is 64.3 Å². The molecule has 0 radical (unpaired) electrons. The van der Waals surface area contributed by atoms with Gasteiger partial charge in [-0.05, 0) is 43.7 Å². The maximum absolute atomic E-state index is 14.1. The Hall–Kier alpha value is -4.54. The van der Waals surface area contributed by atoms with Gasteiger partial charge in [0.05, 0.1) is 39.5 Å². The second kappa shape index (κ2) is 8.84. The summed E-state index contributed by atoms with van der Waals surface area (Å²) in [7, 11) is 0. The Balaban J connectivity index is 1.75. The van der Waals surface area contributed by atoms with Crippen LogP contribution in [0, 0.1) is 25.5 Å². The molecule has 0 saturated carbocycles. The molecule has 0 saturated heterocycles. The molecule has 3 aromatic heterocycles. The van der Waals surface area contributed by atoms with Crippen molar-refractivity contribution in [1.82, 2.24) is 15.0 Å². The Morgan fingerprint density at radius 1 is 1.03 bits per heavy atom. The minimum atomic E-state index is -4.75. The zero-order chi connectivity index (χ0) is 26.5. The third kappa shape index (κ3) is 4.22. The summed E-state index contributed by atoms with van der Waals surface area (Å²) in [6.45, 7) is 2.46. The number of hydrogen-bond donors (Lipinski definition) is 1. The predicted molar refractivity (Wildman–Crippen MR) is 124 cm³/mol. The normalized spacial score (nSPS) is 11.8. The van der Waals surface area contributed by atoms with Gasteiger partial charge in [-0.15, -0.1) is 0 Å². The van der Waals surface area contributed by atoms with Crippen LogP contribution in [0.25, 0.3) is 33.6 Å². The van der Waals surface area contributed by atoms with Gasteiger partial charge in [-0.1, -0.05) is 6.07 Å². The van der Waals surface area contributed by atoms with E-state index in [1.165, 1.54) is 26.3 Å². The quantitative estimate of drug-likeness (QED) is 0.263. The minimum absolute atomic E-state index is 0.0200. The second-order valence-corrected chi connectivity index (χ2v) is 8.17. The Bertz CT molecular complexity index is 1710. The van der Waals surface area contributed by atoms with Gasteiger partial charge >= 0.3 is 6.18 Å². The Kier molecular flexibility index (Phi) is 5.77. The molecule has 5 rings (SSSR count). The second-order valence-electron chi connectivity index (χ2n) is 8.17. The van der Waals surface area contributed by atoms with E-state index < -0.39 is 28.8 Å². The van der Waals surface area contributed by atoms with Gasteiger partial charge in [-0.2, -0.15) is 13.2 Å². The van der Waals surface area contributed by atoms with Crippen molar-refractivity contribution in [2.75, 3.05) is 0 Å². The summed E-state index contributed by atoms with van der Waals surface area (Å²) in [4.78, 5) is 24.1. The Morgan fingerprint density at radius 2 is 1.81 bits per heavy atom. The van der Waals surface area contributed by atoms with Gasteiger partial charge in [0.15, 0.2) is 17.1 Å². The zero-order valence-electron chi connectivity index (χ0n) is 19.2. The maximum atomic E-state index is 14.1. The zero-order valence-corrected chi connectivity index (χ0v) is 19.2. The summed E-state index contributed by atoms with van der Waals surface area (Å²) in [6, 6.07) is 7.91. The lowest BCUT2D eigenvalue weighted by Gasteiger charge is -2.18. The highest BCUT2D eigenvalue weighted by Gasteiger charge is 2.35. The molecule has 37 heavy (non-hydrogen) atoms. The first-order chi connectivity index (χ1) is 17.6. The van der Waals surface area contributed by atoms with Crippen molar-refractivity contribution < 1.29 is 31.1 Å². The first-order valence-corrected chi connectivity index (χ1v) is 10.8. The number of nitrogens with zero attached hydrogens (tertiary/aromatic N) is 2. The first kappa shape index (κ1) is 24.2. The molecule has 0 aliphatic rings. The van der Waals surface area contributed by atoms with Gasteiger partial charge in [-0.3, -0.25) is 4.79 Å². The van der Waals surface area contributed by atoms with Gasteiger partial charge < -0.3 is 14.1 Å². The van der Waals surface area contributed by atoms with Crippen LogP contribution in [0.2, 0.25) is 0 Å². The molecule has 11 heteroatoms. The van der Waals surface area contributed by atoms with Crippen LogP contribution in [0.3, 0.4) is 0 Å². The Morgan fingerprint density at radius 3 is 2.51 bits per heavy atom. The molecular weight excluding hydrogens is 497 g/mol. The fraction of sp³-hybridized carbons (Fsp3) is 0.115. The molecule has 0 spiro atoms. The van der Waals surface area contributed by atoms with Gasteiger partial charge in [0, 0.05) is 17.8 Å². The van der Waals surface area contributed by atoms with Crippen LogP contribution in [0.1, 0.15) is 16.7 Å². The topological polar surface area (TPSA) is 81.0 Å². The number of halogens is 5. The summed E-state index contributed by atoms with van der Waals surface area (Å²) >= 11 is 0. The van der Waals surface area contributed by atoms with E-state index in [1.807, 2.05) is 0 Å². The SMILES string of the molecule is Cc1c(Oc2ncc(C(F)(F)F)c(C)c2-c2cc(=O)c3c(-c4ncco4)cccc3[nH]2)ccc(F)c1F. The van der Waals surface area contributed by atoms with Crippen LogP contribution in [0.4, 0.5) is 22.0 Å². The molecule has 5 aromatic rings. The Labute approximate surface area is 205 Å². The lowest BCUT2D eigenvalue weighted by atomic mass is 10.00. The van der Waals surface area contributed by atoms with E-state index in [1.54, 1.807) is 18.2 Å². The molecule has 6 nitrogen and oxygen atoms in total. The fourth-order valence-corrected chi connectivity index (χ4v) is 4.08. The van der Waals surface area contributed by atoms with Crippen molar-refractivity contribution in [3.8, 4) is 34.3 Å². The summed E-state index contributed by atoms with van der Waals surface area (Å²) in [5, 5.41) is 0.213. The van der Waals surface area contributed by atoms with E-state index in [0.29, 0.717) is 17.3 Å². The van der Waals surface area contributed by atoms with Crippen LogP contribution >= 0.6 is 0 Å². The lowest BCUT2D eigenvalue weighted by Crippen LogP contribution is -2.12. The molecule has 0 atom stereocenters. The van der Waals surface area contributed by atoms with Gasteiger partial charge in [0.1, 0.15) is 12.0 Å². The standard InChI is InChI=1S/C26H16F5N3O3/c1-12-15(26(29,30)31)11-33-25(37-20-7-6-16(27)23(28)13(20)2)21(12)18-10-19(35)22-14(24-32-8-9-36-24)4-3-5-17(22)34-18/h3-11H,1-2H3,(H,34,35). The van der Waals surface area contributed by atoms with Gasteiger partial charge in [0.25, 0.3) is 0 Å². The molecule has 3 heterocycles. The molecule has 188 valence electrons. The van der Waals surface area contributed by atoms with Gasteiger partial charge in [-0.25, -0.2) is 18.7 Å². The van der Waals surface area contributed by atoms with E-state index in [-0.39, 0.29) is 45.3 Å². The number of nitrogens with one attached hydrogen (secondary N) is 1. The molecule has 0 aliphatic carbocycles. The van der Waals surface area contributed by atoms with Gasteiger partial charge in [0.2, 0.25) is 11.8 Å². The molecular formula is C26H16F5N3O3. The molecule has 0 aliphatic heterocycles. The van der Waals surface area contributed by atoms with E-state index >= 15 is 0 Å². The molecule has 0 bridgehead atoms. The van der Waals surface area contributed by atoms with Crippen molar-refractivity contribution in [3.05, 3.63) is 93.6 Å². The van der Waals surface area contributed by atoms with Crippen molar-refractivity contribution >= 4 is 10.9 Å². The molecule has 0 fully saturated rings. The number of alkyl halides is 3. The van der Waals surface area contributed by atoms with Crippen molar-refractivity contribution in [2.45, 2.75) is 20.0 Å². The third-order valence-electron chi connectivity index (χ3n) is 5.89. The van der Waals surface area contributed by atoms with Crippen molar-refractivity contribution in [1.29, 1.82) is 0 Å². The molecule has 2 aromatic carbocycles. The average Bonchev–Trinajstić information content (AvgIpc) is 3.38. The number of fused-ring (bicyclic) bond motifs is 1. The number of hydrogen-bond acceptors (Lipinski definition) is 5. The minimum Gasteiger partial charge on any atom is -0.445 e. The molecule has 0 unspecified atom stereocenters. The highest BCUT2D eigenvalue weighted by Crippen LogP contribution is 2.41. The first-order valence-electron chi connectivity index (χ1n) is 10.8. The maximum Gasteiger partial charge on any atom is 0.418 e. The summed E-state index contributed by atoms with van der Waals surface area (Å²) in [5.41, 5.74) is -1.55. The lowest BCUT2D eigenvalue weighted by molar-refractivity contribution is -0.138. The smallest absolute Gasteiger partial charge is 0.418 e. The number of aromatic nitrogens is 3. The number of pyridine rings is 2. The van der Waals surface area contributed by atoms with Crippen molar-refractivity contribution in [2.24, 2.45) is 0 Å². The predicted octanol–water partition coefficient (Wildman–Crippen LogP) is 6.95. The molecule has 0 amide bonds. The van der Waals surface area contributed by atoms with E-state index in [4.69, 9.17) is 9.15 Å². The van der Waals surface area contributed by atoms with E-state index in [2.05, 4.69) is 15.0 Å².